The maximum absolute atomic E-state index is 9.18. The van der Waals surface area contributed by atoms with Gasteiger partial charge >= 0.3 is 0 Å². The molecule has 0 amide bonds. The smallest absolute Gasteiger partial charge is 0.259 e. The van der Waals surface area contributed by atoms with Crippen molar-refractivity contribution in [3.63, 3.8) is 0 Å². The average molecular weight is 651 g/mol. The van der Waals surface area contributed by atoms with E-state index in [0.29, 0.717) is 6.61 Å². The average Bonchev–Trinajstić information content (AvgIpc) is 3.46. The molecule has 10 heteroatoms. The van der Waals surface area contributed by atoms with Crippen molar-refractivity contribution in [2.24, 2.45) is 0 Å². The third-order valence-corrected chi connectivity index (χ3v) is 10.2. The van der Waals surface area contributed by atoms with Gasteiger partial charge in [0.2, 0.25) is 0 Å². The molecule has 0 spiro atoms. The van der Waals surface area contributed by atoms with Gasteiger partial charge in [0.15, 0.2) is 0 Å². The first-order chi connectivity index (χ1) is 22.3. The van der Waals surface area contributed by atoms with Crippen LogP contribution in [0.2, 0.25) is 0 Å². The highest BCUT2D eigenvalue weighted by Gasteiger charge is 2.45. The fourth-order valence-corrected chi connectivity index (χ4v) is 7.59. The fraction of sp³-hybridized carbons (Fsp3) is 0.472. The summed E-state index contributed by atoms with van der Waals surface area (Å²) < 4.78 is 45.6. The second-order valence-electron chi connectivity index (χ2n) is 11.6. The summed E-state index contributed by atoms with van der Waals surface area (Å²) in [5.41, 5.74) is 1.80. The summed E-state index contributed by atoms with van der Waals surface area (Å²) in [6.45, 7) is 9.28. The van der Waals surface area contributed by atoms with Crippen LogP contribution in [0.3, 0.4) is 0 Å². The number of ether oxygens (including phenoxy) is 5. The van der Waals surface area contributed by atoms with Gasteiger partial charge in [-0.2, -0.15) is 5.26 Å². The van der Waals surface area contributed by atoms with Crippen LogP contribution in [0.5, 0.6) is 11.5 Å². The number of methoxy groups -OCH3 is 3. The topological polar surface area (TPSA) is 91.6 Å². The Morgan fingerprint density at radius 2 is 1.39 bits per heavy atom. The molecule has 4 atom stereocenters. The molecule has 0 bridgehead atoms. The van der Waals surface area contributed by atoms with Gasteiger partial charge in [0.25, 0.3) is 8.53 Å². The first-order valence-corrected chi connectivity index (χ1v) is 16.8. The quantitative estimate of drug-likeness (QED) is 0.0863. The van der Waals surface area contributed by atoms with Crippen molar-refractivity contribution in [1.29, 1.82) is 5.26 Å². The summed E-state index contributed by atoms with van der Waals surface area (Å²) in [7, 11) is 3.45. The third kappa shape index (κ3) is 8.26. The van der Waals surface area contributed by atoms with E-state index in [-0.39, 0.29) is 37.8 Å². The lowest BCUT2D eigenvalue weighted by Gasteiger charge is -2.39. The Hall–Kier alpha value is -3.06. The van der Waals surface area contributed by atoms with Crippen molar-refractivity contribution < 1.29 is 32.7 Å². The van der Waals surface area contributed by atoms with Gasteiger partial charge in [0.05, 0.1) is 46.5 Å². The van der Waals surface area contributed by atoms with Crippen LogP contribution < -0.4 is 9.47 Å². The van der Waals surface area contributed by atoms with E-state index < -0.39 is 26.3 Å². The predicted octanol–water partition coefficient (Wildman–Crippen LogP) is 7.09. The van der Waals surface area contributed by atoms with Gasteiger partial charge in [-0.1, -0.05) is 54.6 Å². The molecule has 1 saturated heterocycles. The van der Waals surface area contributed by atoms with Crippen LogP contribution in [0.25, 0.3) is 0 Å². The van der Waals surface area contributed by atoms with Gasteiger partial charge in [-0.25, -0.2) is 4.67 Å². The third-order valence-electron chi connectivity index (χ3n) is 8.02. The van der Waals surface area contributed by atoms with Crippen molar-refractivity contribution >= 4 is 8.53 Å². The lowest BCUT2D eigenvalue weighted by Crippen LogP contribution is -2.42. The van der Waals surface area contributed by atoms with E-state index in [9.17, 15) is 5.26 Å². The highest BCUT2D eigenvalue weighted by molar-refractivity contribution is 7.44. The summed E-state index contributed by atoms with van der Waals surface area (Å²) in [5.74, 6) is 1.50. The maximum Gasteiger partial charge on any atom is 0.259 e. The first kappa shape index (κ1) is 35.8. The normalized spacial score (nSPS) is 19.0. The molecule has 0 saturated carbocycles. The summed E-state index contributed by atoms with van der Waals surface area (Å²) in [6.07, 6.45) is -0.988. The molecule has 0 radical (unpaired) electrons. The van der Waals surface area contributed by atoms with Gasteiger partial charge in [0, 0.05) is 19.2 Å². The monoisotopic (exact) mass is 650 g/mol. The zero-order chi connectivity index (χ0) is 33.1. The highest BCUT2D eigenvalue weighted by atomic mass is 31.2. The van der Waals surface area contributed by atoms with E-state index in [1.54, 1.807) is 21.3 Å². The minimum atomic E-state index is -1.53. The van der Waals surface area contributed by atoms with Crippen LogP contribution in [0.1, 0.15) is 50.8 Å². The van der Waals surface area contributed by atoms with Crippen molar-refractivity contribution in [2.75, 3.05) is 41.2 Å². The minimum absolute atomic E-state index is 0.155. The molecule has 1 fully saturated rings. The summed E-state index contributed by atoms with van der Waals surface area (Å²) in [6, 6.07) is 28.5. The lowest BCUT2D eigenvalue weighted by atomic mass is 9.80. The Morgan fingerprint density at radius 1 is 0.848 bits per heavy atom. The molecule has 3 aromatic rings. The van der Waals surface area contributed by atoms with E-state index in [1.165, 1.54) is 0 Å². The molecule has 3 aromatic carbocycles. The fourth-order valence-electron chi connectivity index (χ4n) is 5.81. The number of nitrogens with zero attached hydrogens (tertiary/aromatic N) is 2. The zero-order valence-corrected chi connectivity index (χ0v) is 28.8. The van der Waals surface area contributed by atoms with Crippen LogP contribution in [0.15, 0.2) is 78.9 Å². The Morgan fingerprint density at radius 3 is 1.87 bits per heavy atom. The van der Waals surface area contributed by atoms with Gasteiger partial charge in [0.1, 0.15) is 35.4 Å². The van der Waals surface area contributed by atoms with Crippen LogP contribution in [0.4, 0.5) is 0 Å². The molecular weight excluding hydrogens is 603 g/mol. The van der Waals surface area contributed by atoms with Crippen LogP contribution in [-0.4, -0.2) is 76.2 Å². The van der Waals surface area contributed by atoms with Gasteiger partial charge in [-0.3, -0.25) is 0 Å². The van der Waals surface area contributed by atoms with Crippen molar-refractivity contribution in [3.05, 3.63) is 95.6 Å². The van der Waals surface area contributed by atoms with Crippen molar-refractivity contribution in [1.82, 2.24) is 4.67 Å². The van der Waals surface area contributed by atoms with Gasteiger partial charge < -0.3 is 32.7 Å². The summed E-state index contributed by atoms with van der Waals surface area (Å²) in [5, 5.41) is 9.18. The minimum Gasteiger partial charge on any atom is -0.497 e. The number of benzene rings is 3. The number of hydrogen-bond donors (Lipinski definition) is 0. The highest BCUT2D eigenvalue weighted by Crippen LogP contribution is 2.49. The van der Waals surface area contributed by atoms with Crippen molar-refractivity contribution in [3.8, 4) is 17.6 Å². The van der Waals surface area contributed by atoms with E-state index >= 15 is 0 Å². The molecule has 0 aliphatic carbocycles. The Balaban J connectivity index is 1.74. The molecule has 248 valence electrons. The van der Waals surface area contributed by atoms with Crippen LogP contribution in [-0.2, 0) is 28.9 Å². The molecular formula is C36H47N2O7P. The van der Waals surface area contributed by atoms with Crippen LogP contribution >= 0.6 is 8.53 Å². The first-order valence-electron chi connectivity index (χ1n) is 15.7. The molecule has 0 aromatic heterocycles. The Kier molecular flexibility index (Phi) is 13.4. The van der Waals surface area contributed by atoms with Gasteiger partial charge in [-0.05, 0) is 68.7 Å². The van der Waals surface area contributed by atoms with E-state index in [4.69, 9.17) is 32.7 Å². The summed E-state index contributed by atoms with van der Waals surface area (Å²) in [4.78, 5) is 0. The maximum atomic E-state index is 9.18. The Labute approximate surface area is 275 Å². The van der Waals surface area contributed by atoms with Crippen molar-refractivity contribution in [2.45, 2.75) is 70.1 Å². The summed E-state index contributed by atoms with van der Waals surface area (Å²) >= 11 is 0. The molecule has 1 aliphatic heterocycles. The van der Waals surface area contributed by atoms with E-state index in [2.05, 4.69) is 50.6 Å². The predicted molar refractivity (Wildman–Crippen MR) is 179 cm³/mol. The second kappa shape index (κ2) is 17.2. The van der Waals surface area contributed by atoms with E-state index in [1.807, 2.05) is 66.7 Å². The van der Waals surface area contributed by atoms with E-state index in [0.717, 1.165) is 28.2 Å². The Bertz CT molecular complexity index is 1310. The molecule has 46 heavy (non-hydrogen) atoms. The SMILES string of the molecule is COc1ccc(C(OCC2OCC(OC)C2OP(OCCC#N)N(C(C)C)C(C)C)(c2ccccc2)c2ccc(OC)cc2)cc1. The molecule has 1 aliphatic rings. The number of hydrogen-bond acceptors (Lipinski definition) is 9. The molecule has 4 unspecified atom stereocenters. The number of rotatable bonds is 17. The molecule has 4 rings (SSSR count). The van der Waals surface area contributed by atoms with Gasteiger partial charge in [-0.15, -0.1) is 0 Å². The number of nitriles is 1. The van der Waals surface area contributed by atoms with Crippen LogP contribution in [0, 0.1) is 11.3 Å². The molecule has 1 heterocycles. The molecule has 0 N–H and O–H groups in total. The zero-order valence-electron chi connectivity index (χ0n) is 27.9. The second-order valence-corrected chi connectivity index (χ2v) is 13.0. The largest absolute Gasteiger partial charge is 0.497 e. The molecule has 9 nitrogen and oxygen atoms in total. The lowest BCUT2D eigenvalue weighted by molar-refractivity contribution is -0.0704. The standard InChI is InChI=1S/C36H47N2O7P/c1-26(2)38(27(3)4)46(44-23-11-22-37)45-35-33(41-7)24-42-34(35)25-43-36(28-12-9-8-10-13-28,29-14-18-31(39-5)19-15-29)30-16-20-32(40-6)21-17-30/h8-10,12-21,26-27,33-35H,11,23-25H2,1-7H3.